The first-order valence-corrected chi connectivity index (χ1v) is 8.14. The van der Waals surface area contributed by atoms with E-state index in [-0.39, 0.29) is 10.9 Å². The van der Waals surface area contributed by atoms with Gasteiger partial charge in [0.1, 0.15) is 5.01 Å². The molecule has 0 fully saturated rings. The predicted molar refractivity (Wildman–Crippen MR) is 75.2 cm³/mol. The molecule has 3 N–H and O–H groups in total. The summed E-state index contributed by atoms with van der Waals surface area (Å²) in [5, 5.41) is 11.3. The lowest BCUT2D eigenvalue weighted by Crippen LogP contribution is -2.19. The normalized spacial score (nSPS) is 13.4. The number of thiazole rings is 1. The summed E-state index contributed by atoms with van der Waals surface area (Å²) >= 11 is 1.58. The van der Waals surface area contributed by atoms with E-state index >= 15 is 0 Å². The van der Waals surface area contributed by atoms with E-state index < -0.39 is 10.0 Å². The third-order valence-corrected chi connectivity index (χ3v) is 4.42. The van der Waals surface area contributed by atoms with Gasteiger partial charge >= 0.3 is 0 Å². The van der Waals surface area contributed by atoms with Crippen molar-refractivity contribution >= 4 is 21.4 Å². The van der Waals surface area contributed by atoms with Crippen molar-refractivity contribution in [3.63, 3.8) is 0 Å². The van der Waals surface area contributed by atoms with Gasteiger partial charge < -0.3 is 5.32 Å². The van der Waals surface area contributed by atoms with Gasteiger partial charge in [0.05, 0.1) is 4.90 Å². The van der Waals surface area contributed by atoms with Gasteiger partial charge in [-0.15, -0.1) is 11.3 Å². The van der Waals surface area contributed by atoms with Crippen LogP contribution >= 0.6 is 11.3 Å². The highest BCUT2D eigenvalue weighted by Gasteiger charge is 2.11. The van der Waals surface area contributed by atoms with Crippen molar-refractivity contribution in [3.8, 4) is 0 Å². The molecule has 1 aromatic heterocycles. The van der Waals surface area contributed by atoms with Crippen LogP contribution in [0.3, 0.4) is 0 Å². The van der Waals surface area contributed by atoms with Gasteiger partial charge in [0.15, 0.2) is 0 Å². The zero-order chi connectivity index (χ0) is 13.9. The van der Waals surface area contributed by atoms with Gasteiger partial charge in [-0.2, -0.15) is 0 Å². The van der Waals surface area contributed by atoms with Gasteiger partial charge in [-0.25, -0.2) is 18.5 Å². The van der Waals surface area contributed by atoms with E-state index in [0.29, 0.717) is 6.54 Å². The molecule has 0 radical (unpaired) electrons. The molecule has 102 valence electrons. The quantitative estimate of drug-likeness (QED) is 0.878. The van der Waals surface area contributed by atoms with Gasteiger partial charge in [0.2, 0.25) is 10.0 Å². The van der Waals surface area contributed by atoms with Crippen molar-refractivity contribution in [2.75, 3.05) is 0 Å². The van der Waals surface area contributed by atoms with E-state index in [1.165, 1.54) is 6.07 Å². The van der Waals surface area contributed by atoms with Crippen molar-refractivity contribution in [1.82, 2.24) is 10.3 Å². The fraction of sp³-hybridized carbons (Fsp3) is 0.250. The highest BCUT2D eigenvalue weighted by Crippen LogP contribution is 2.17. The van der Waals surface area contributed by atoms with E-state index in [1.807, 2.05) is 18.4 Å². The lowest BCUT2D eigenvalue weighted by Gasteiger charge is -2.14. The SMILES string of the molecule is CC(NCc1nccs1)c1cccc(S(N)(=O)=O)c1. The van der Waals surface area contributed by atoms with Crippen LogP contribution in [0.15, 0.2) is 40.7 Å². The number of hydrogen-bond donors (Lipinski definition) is 2. The largest absolute Gasteiger partial charge is 0.304 e. The molecule has 1 aromatic carbocycles. The minimum Gasteiger partial charge on any atom is -0.304 e. The minimum absolute atomic E-state index is 0.0191. The Morgan fingerprint density at radius 2 is 2.26 bits per heavy atom. The Kier molecular flexibility index (Phi) is 4.31. The number of nitrogens with zero attached hydrogens (tertiary/aromatic N) is 1. The van der Waals surface area contributed by atoms with Crippen molar-refractivity contribution in [2.45, 2.75) is 24.4 Å². The molecule has 0 aliphatic rings. The molecule has 0 aliphatic heterocycles. The Balaban J connectivity index is 2.09. The zero-order valence-electron chi connectivity index (χ0n) is 10.4. The molecule has 0 saturated heterocycles. The Bertz CT molecular complexity index is 639. The van der Waals surface area contributed by atoms with Crippen molar-refractivity contribution < 1.29 is 8.42 Å². The molecule has 0 bridgehead atoms. The first-order valence-electron chi connectivity index (χ1n) is 5.71. The summed E-state index contributed by atoms with van der Waals surface area (Å²) in [4.78, 5) is 4.31. The molecule has 2 rings (SSSR count). The van der Waals surface area contributed by atoms with Gasteiger partial charge in [-0.3, -0.25) is 0 Å². The molecule has 1 atom stereocenters. The summed E-state index contributed by atoms with van der Waals surface area (Å²) < 4.78 is 22.6. The Labute approximate surface area is 116 Å². The average Bonchev–Trinajstić information content (AvgIpc) is 2.88. The Morgan fingerprint density at radius 3 is 2.89 bits per heavy atom. The number of rotatable bonds is 5. The molecule has 7 heteroatoms. The van der Waals surface area contributed by atoms with Crippen LogP contribution in [0.1, 0.15) is 23.5 Å². The van der Waals surface area contributed by atoms with Crippen LogP contribution in [0.5, 0.6) is 0 Å². The van der Waals surface area contributed by atoms with Crippen LogP contribution in [-0.4, -0.2) is 13.4 Å². The second kappa shape index (κ2) is 5.79. The summed E-state index contributed by atoms with van der Waals surface area (Å²) in [6, 6.07) is 6.66. The summed E-state index contributed by atoms with van der Waals surface area (Å²) in [5.41, 5.74) is 0.878. The fourth-order valence-electron chi connectivity index (χ4n) is 1.66. The molecule has 0 amide bonds. The van der Waals surface area contributed by atoms with E-state index in [2.05, 4.69) is 10.3 Å². The fourth-order valence-corrected chi connectivity index (χ4v) is 2.80. The molecular formula is C12H15N3O2S2. The number of aromatic nitrogens is 1. The van der Waals surface area contributed by atoms with E-state index in [9.17, 15) is 8.42 Å². The molecule has 1 heterocycles. The van der Waals surface area contributed by atoms with Gasteiger partial charge in [0.25, 0.3) is 0 Å². The van der Waals surface area contributed by atoms with Crippen LogP contribution in [0.4, 0.5) is 0 Å². The van der Waals surface area contributed by atoms with Crippen LogP contribution in [0.2, 0.25) is 0 Å². The second-order valence-corrected chi connectivity index (χ2v) is 6.69. The second-order valence-electron chi connectivity index (χ2n) is 4.15. The molecule has 2 aromatic rings. The lowest BCUT2D eigenvalue weighted by molar-refractivity contribution is 0.571. The van der Waals surface area contributed by atoms with Crippen LogP contribution in [-0.2, 0) is 16.6 Å². The molecule has 19 heavy (non-hydrogen) atoms. The van der Waals surface area contributed by atoms with Crippen molar-refractivity contribution in [3.05, 3.63) is 46.4 Å². The van der Waals surface area contributed by atoms with Crippen LogP contribution < -0.4 is 10.5 Å². The number of primary sulfonamides is 1. The summed E-state index contributed by atoms with van der Waals surface area (Å²) in [6.07, 6.45) is 1.76. The van der Waals surface area contributed by atoms with Crippen LogP contribution in [0, 0.1) is 0 Å². The molecule has 0 saturated carbocycles. The van der Waals surface area contributed by atoms with Crippen LogP contribution in [0.25, 0.3) is 0 Å². The number of hydrogen-bond acceptors (Lipinski definition) is 5. The highest BCUT2D eigenvalue weighted by atomic mass is 32.2. The monoisotopic (exact) mass is 297 g/mol. The molecule has 0 aliphatic carbocycles. The molecular weight excluding hydrogens is 282 g/mol. The molecule has 0 spiro atoms. The Morgan fingerprint density at radius 1 is 1.47 bits per heavy atom. The lowest BCUT2D eigenvalue weighted by atomic mass is 10.1. The van der Waals surface area contributed by atoms with E-state index in [1.54, 1.807) is 29.7 Å². The number of nitrogens with two attached hydrogens (primary N) is 1. The predicted octanol–water partition coefficient (Wildman–Crippen LogP) is 1.64. The standard InChI is InChI=1S/C12H15N3O2S2/c1-9(15-8-12-14-5-6-18-12)10-3-2-4-11(7-10)19(13,16)17/h2-7,9,15H,8H2,1H3,(H2,13,16,17). The van der Waals surface area contributed by atoms with Crippen molar-refractivity contribution in [2.24, 2.45) is 5.14 Å². The first kappa shape index (κ1) is 14.1. The number of benzene rings is 1. The summed E-state index contributed by atoms with van der Waals surface area (Å²) in [7, 11) is -3.66. The maximum Gasteiger partial charge on any atom is 0.238 e. The first-order chi connectivity index (χ1) is 8.97. The topological polar surface area (TPSA) is 85.1 Å². The molecule has 1 unspecified atom stereocenters. The number of nitrogens with one attached hydrogen (secondary N) is 1. The third kappa shape index (κ3) is 3.84. The Hall–Kier alpha value is -1.28. The van der Waals surface area contributed by atoms with Gasteiger partial charge in [-0.05, 0) is 24.6 Å². The molecule has 5 nitrogen and oxygen atoms in total. The smallest absolute Gasteiger partial charge is 0.238 e. The third-order valence-electron chi connectivity index (χ3n) is 2.73. The van der Waals surface area contributed by atoms with Crippen molar-refractivity contribution in [1.29, 1.82) is 0 Å². The summed E-state index contributed by atoms with van der Waals surface area (Å²) in [5.74, 6) is 0. The van der Waals surface area contributed by atoms with E-state index in [4.69, 9.17) is 5.14 Å². The zero-order valence-corrected chi connectivity index (χ0v) is 12.0. The maximum atomic E-state index is 11.3. The highest BCUT2D eigenvalue weighted by molar-refractivity contribution is 7.89. The number of sulfonamides is 1. The minimum atomic E-state index is -3.66. The summed E-state index contributed by atoms with van der Waals surface area (Å²) in [6.45, 7) is 2.62. The average molecular weight is 297 g/mol. The van der Waals surface area contributed by atoms with Gasteiger partial charge in [-0.1, -0.05) is 12.1 Å². The maximum absolute atomic E-state index is 11.3. The van der Waals surface area contributed by atoms with Gasteiger partial charge in [0, 0.05) is 24.2 Å². The van der Waals surface area contributed by atoms with E-state index in [0.717, 1.165) is 10.6 Å².